The molecule has 0 aromatic heterocycles. The van der Waals surface area contributed by atoms with Gasteiger partial charge in [0.1, 0.15) is 0 Å². The highest BCUT2D eigenvalue weighted by Gasteiger charge is 2.16. The fraction of sp³-hybridized carbons (Fsp3) is 0.600. The predicted molar refractivity (Wildman–Crippen MR) is 97.9 cm³/mol. The van der Waals surface area contributed by atoms with E-state index in [0.29, 0.717) is 5.56 Å². The second-order valence-electron chi connectivity index (χ2n) is 6.34. The maximum atomic E-state index is 11.1. The molecule has 0 aliphatic heterocycles. The van der Waals surface area contributed by atoms with E-state index >= 15 is 0 Å². The summed E-state index contributed by atoms with van der Waals surface area (Å²) in [4.78, 5) is 11.1. The standard InChI is InChI=1S/C20H31NO3/c1-2-3-4-5-6-7-8-9-10-11-14-17-15-12-13-16-18(17)19(21-24)20(22)23/h12-13,15-16,24H,2-11,14H2,1H3,(H,22,23). The van der Waals surface area contributed by atoms with Gasteiger partial charge in [-0.15, -0.1) is 0 Å². The summed E-state index contributed by atoms with van der Waals surface area (Å²) in [6.07, 6.45) is 13.6. The Hall–Kier alpha value is -1.84. The number of hydrogen-bond acceptors (Lipinski definition) is 3. The molecule has 0 amide bonds. The fourth-order valence-corrected chi connectivity index (χ4v) is 2.98. The van der Waals surface area contributed by atoms with E-state index in [1.165, 1.54) is 51.4 Å². The number of carboxylic acids is 1. The lowest BCUT2D eigenvalue weighted by molar-refractivity contribution is -0.129. The minimum absolute atomic E-state index is 0.280. The smallest absolute Gasteiger partial charge is 0.358 e. The topological polar surface area (TPSA) is 69.9 Å². The Morgan fingerprint density at radius 2 is 1.46 bits per heavy atom. The first kappa shape index (κ1) is 20.2. The van der Waals surface area contributed by atoms with Crippen molar-refractivity contribution in [2.24, 2.45) is 5.16 Å². The molecular formula is C20H31NO3. The molecule has 0 spiro atoms. The van der Waals surface area contributed by atoms with E-state index in [9.17, 15) is 4.79 Å². The number of unbranched alkanes of at least 4 members (excludes halogenated alkanes) is 9. The molecule has 0 saturated heterocycles. The maximum Gasteiger partial charge on any atom is 0.358 e. The van der Waals surface area contributed by atoms with Gasteiger partial charge in [-0.2, -0.15) is 0 Å². The van der Waals surface area contributed by atoms with Gasteiger partial charge in [0.05, 0.1) is 0 Å². The Bertz CT molecular complexity index is 511. The fourth-order valence-electron chi connectivity index (χ4n) is 2.98. The van der Waals surface area contributed by atoms with Crippen LogP contribution < -0.4 is 0 Å². The number of rotatable bonds is 13. The van der Waals surface area contributed by atoms with Gasteiger partial charge >= 0.3 is 5.97 Å². The zero-order valence-electron chi connectivity index (χ0n) is 14.8. The summed E-state index contributed by atoms with van der Waals surface area (Å²) in [5, 5.41) is 21.0. The highest BCUT2D eigenvalue weighted by molar-refractivity contribution is 6.42. The summed E-state index contributed by atoms with van der Waals surface area (Å²) in [7, 11) is 0. The van der Waals surface area contributed by atoms with Crippen molar-refractivity contribution >= 4 is 11.7 Å². The zero-order chi connectivity index (χ0) is 17.6. The maximum absolute atomic E-state index is 11.1. The van der Waals surface area contributed by atoms with Crippen molar-refractivity contribution in [3.8, 4) is 0 Å². The van der Waals surface area contributed by atoms with Gasteiger partial charge in [-0.3, -0.25) is 0 Å². The molecule has 4 nitrogen and oxygen atoms in total. The number of carbonyl (C=O) groups is 1. The van der Waals surface area contributed by atoms with Crippen LogP contribution in [-0.2, 0) is 11.2 Å². The second-order valence-corrected chi connectivity index (χ2v) is 6.34. The first-order valence-electron chi connectivity index (χ1n) is 9.24. The minimum atomic E-state index is -1.20. The quantitative estimate of drug-likeness (QED) is 0.219. The van der Waals surface area contributed by atoms with Crippen molar-refractivity contribution in [3.05, 3.63) is 35.4 Å². The summed E-state index contributed by atoms with van der Waals surface area (Å²) in [6, 6.07) is 7.28. The van der Waals surface area contributed by atoms with Crippen LogP contribution in [0.25, 0.3) is 0 Å². The average molecular weight is 333 g/mol. The third-order valence-electron chi connectivity index (χ3n) is 4.37. The van der Waals surface area contributed by atoms with Crippen molar-refractivity contribution in [2.75, 3.05) is 0 Å². The normalized spacial score (nSPS) is 11.6. The number of oxime groups is 1. The Balaban J connectivity index is 2.28. The molecule has 24 heavy (non-hydrogen) atoms. The van der Waals surface area contributed by atoms with E-state index in [4.69, 9.17) is 10.3 Å². The monoisotopic (exact) mass is 333 g/mol. The first-order valence-corrected chi connectivity index (χ1v) is 9.24. The van der Waals surface area contributed by atoms with Gasteiger partial charge in [-0.25, -0.2) is 4.79 Å². The molecule has 4 heteroatoms. The number of aryl methyl sites for hydroxylation is 1. The van der Waals surface area contributed by atoms with Gasteiger partial charge in [-0.05, 0) is 18.4 Å². The van der Waals surface area contributed by atoms with Crippen molar-refractivity contribution in [2.45, 2.75) is 77.6 Å². The number of nitrogens with zero attached hydrogens (tertiary/aromatic N) is 1. The van der Waals surface area contributed by atoms with E-state index in [1.807, 2.05) is 12.1 Å². The van der Waals surface area contributed by atoms with Crippen molar-refractivity contribution in [3.63, 3.8) is 0 Å². The molecular weight excluding hydrogens is 302 g/mol. The molecule has 1 aromatic carbocycles. The Labute approximate surface area is 145 Å². The molecule has 0 atom stereocenters. The molecule has 1 rings (SSSR count). The van der Waals surface area contributed by atoms with Crippen LogP contribution >= 0.6 is 0 Å². The van der Waals surface area contributed by atoms with Crippen LogP contribution in [0.1, 0.15) is 82.3 Å². The van der Waals surface area contributed by atoms with Gasteiger partial charge in [0.25, 0.3) is 0 Å². The molecule has 0 saturated carbocycles. The summed E-state index contributed by atoms with van der Waals surface area (Å²) in [6.45, 7) is 2.24. The third-order valence-corrected chi connectivity index (χ3v) is 4.37. The molecule has 0 radical (unpaired) electrons. The number of benzene rings is 1. The summed E-state index contributed by atoms with van der Waals surface area (Å²) >= 11 is 0. The molecule has 0 bridgehead atoms. The highest BCUT2D eigenvalue weighted by Crippen LogP contribution is 2.16. The second kappa shape index (κ2) is 12.6. The third kappa shape index (κ3) is 7.62. The van der Waals surface area contributed by atoms with Crippen molar-refractivity contribution < 1.29 is 15.1 Å². The van der Waals surface area contributed by atoms with Crippen molar-refractivity contribution in [1.29, 1.82) is 0 Å². The highest BCUT2D eigenvalue weighted by atomic mass is 16.4. The molecule has 0 aliphatic rings. The van der Waals surface area contributed by atoms with Crippen LogP contribution in [0.4, 0.5) is 0 Å². The van der Waals surface area contributed by atoms with Crippen LogP contribution in [0.5, 0.6) is 0 Å². The molecule has 0 heterocycles. The van der Waals surface area contributed by atoms with Gasteiger partial charge < -0.3 is 10.3 Å². The number of carboxylic acid groups (broad SMARTS) is 1. The average Bonchev–Trinajstić information content (AvgIpc) is 2.58. The van der Waals surface area contributed by atoms with Gasteiger partial charge in [0.2, 0.25) is 0 Å². The number of aliphatic carboxylic acids is 1. The van der Waals surface area contributed by atoms with E-state index in [0.717, 1.165) is 24.8 Å². The van der Waals surface area contributed by atoms with Gasteiger partial charge in [-0.1, -0.05) is 94.1 Å². The summed E-state index contributed by atoms with van der Waals surface area (Å²) < 4.78 is 0. The van der Waals surface area contributed by atoms with E-state index in [-0.39, 0.29) is 5.71 Å². The first-order chi connectivity index (χ1) is 11.7. The van der Waals surface area contributed by atoms with Crippen molar-refractivity contribution in [1.82, 2.24) is 0 Å². The predicted octanol–water partition coefficient (Wildman–Crippen LogP) is 5.41. The molecule has 0 unspecified atom stereocenters. The van der Waals surface area contributed by atoms with Crippen LogP contribution in [0, 0.1) is 0 Å². The lowest BCUT2D eigenvalue weighted by Crippen LogP contribution is -2.16. The number of hydrogen-bond donors (Lipinski definition) is 2. The minimum Gasteiger partial charge on any atom is -0.476 e. The Kier molecular flexibility index (Phi) is 10.6. The summed E-state index contributed by atoms with van der Waals surface area (Å²) in [5.41, 5.74) is 1.17. The lowest BCUT2D eigenvalue weighted by atomic mass is 9.97. The van der Waals surface area contributed by atoms with E-state index in [2.05, 4.69) is 12.1 Å². The Morgan fingerprint density at radius 3 is 2.00 bits per heavy atom. The Morgan fingerprint density at radius 1 is 0.917 bits per heavy atom. The van der Waals surface area contributed by atoms with Crippen LogP contribution in [0.15, 0.2) is 29.4 Å². The van der Waals surface area contributed by atoms with Gasteiger partial charge in [0.15, 0.2) is 5.71 Å². The van der Waals surface area contributed by atoms with Crippen LogP contribution in [0.2, 0.25) is 0 Å². The van der Waals surface area contributed by atoms with Crippen LogP contribution in [-0.4, -0.2) is 22.0 Å². The molecule has 1 aromatic rings. The van der Waals surface area contributed by atoms with E-state index < -0.39 is 5.97 Å². The molecule has 0 aliphatic carbocycles. The summed E-state index contributed by atoms with van der Waals surface area (Å²) in [5.74, 6) is -1.20. The molecule has 2 N–H and O–H groups in total. The lowest BCUT2D eigenvalue weighted by Gasteiger charge is -2.08. The largest absolute Gasteiger partial charge is 0.476 e. The van der Waals surface area contributed by atoms with E-state index in [1.54, 1.807) is 12.1 Å². The van der Waals surface area contributed by atoms with Gasteiger partial charge in [0, 0.05) is 5.56 Å². The zero-order valence-corrected chi connectivity index (χ0v) is 14.8. The molecule has 134 valence electrons. The SMILES string of the molecule is CCCCCCCCCCCCc1ccccc1C(=NO)C(=O)O. The van der Waals surface area contributed by atoms with Crippen LogP contribution in [0.3, 0.4) is 0 Å². The molecule has 0 fully saturated rings.